The normalized spacial score (nSPS) is 19.4. The predicted molar refractivity (Wildman–Crippen MR) is 56.7 cm³/mol. The Morgan fingerprint density at radius 1 is 1.36 bits per heavy atom. The van der Waals surface area contributed by atoms with Crippen LogP contribution in [0, 0.1) is 0 Å². The third kappa shape index (κ3) is 5.88. The summed E-state index contributed by atoms with van der Waals surface area (Å²) >= 11 is 5.99. The van der Waals surface area contributed by atoms with Crippen LogP contribution in [0.15, 0.2) is 0 Å². The molecule has 11 heavy (non-hydrogen) atoms. The van der Waals surface area contributed by atoms with Crippen LogP contribution >= 0.6 is 24.4 Å². The molecule has 0 fully saturated rings. The van der Waals surface area contributed by atoms with Gasteiger partial charge in [-0.3, -0.25) is 0 Å². The van der Waals surface area contributed by atoms with E-state index in [9.17, 15) is 5.11 Å². The highest BCUT2D eigenvalue weighted by molar-refractivity contribution is 8.00. The molecule has 0 heterocycles. The van der Waals surface area contributed by atoms with Gasteiger partial charge in [0.15, 0.2) is 0 Å². The minimum atomic E-state index is -0.206. The van der Waals surface area contributed by atoms with Crippen LogP contribution in [0.5, 0.6) is 0 Å². The summed E-state index contributed by atoms with van der Waals surface area (Å²) in [5.74, 6) is 0.931. The number of aliphatic hydroxyl groups excluding tert-OH is 1. The molecular weight excluding hydrogens is 176 g/mol. The average Bonchev–Trinajstić information content (AvgIpc) is 1.87. The van der Waals surface area contributed by atoms with Crippen LogP contribution in [0.3, 0.4) is 0 Å². The summed E-state index contributed by atoms with van der Waals surface area (Å²) in [6, 6.07) is 0. The molecule has 3 heteroatoms. The van der Waals surface area contributed by atoms with Crippen LogP contribution in [-0.4, -0.2) is 27.5 Å². The molecule has 0 rings (SSSR count). The zero-order valence-electron chi connectivity index (χ0n) is 7.45. The first-order valence-electron chi connectivity index (χ1n) is 4.02. The van der Waals surface area contributed by atoms with Gasteiger partial charge in [-0.15, -0.1) is 0 Å². The maximum atomic E-state index is 9.20. The smallest absolute Gasteiger partial charge is 0.0628 e. The van der Waals surface area contributed by atoms with Crippen molar-refractivity contribution in [3.05, 3.63) is 0 Å². The average molecular weight is 194 g/mol. The van der Waals surface area contributed by atoms with E-state index in [1.807, 2.05) is 18.7 Å². The van der Waals surface area contributed by atoms with Gasteiger partial charge in [0.1, 0.15) is 0 Å². The van der Waals surface area contributed by atoms with E-state index in [-0.39, 0.29) is 6.10 Å². The van der Waals surface area contributed by atoms with Crippen molar-refractivity contribution in [1.82, 2.24) is 0 Å². The van der Waals surface area contributed by atoms with Gasteiger partial charge in [0.2, 0.25) is 0 Å². The Bertz CT molecular complexity index is 96.1. The number of aliphatic hydroxyl groups is 1. The van der Waals surface area contributed by atoms with Crippen molar-refractivity contribution in [2.75, 3.05) is 5.75 Å². The molecule has 0 radical (unpaired) electrons. The molecule has 0 aromatic rings. The van der Waals surface area contributed by atoms with Crippen molar-refractivity contribution in [3.8, 4) is 0 Å². The lowest BCUT2D eigenvalue weighted by atomic mass is 10.3. The summed E-state index contributed by atoms with van der Waals surface area (Å²) in [6.07, 6.45) is 0.910. The zero-order chi connectivity index (χ0) is 8.85. The molecule has 0 spiro atoms. The molecule has 0 aliphatic carbocycles. The molecule has 1 N–H and O–H groups in total. The highest BCUT2D eigenvalue weighted by atomic mass is 32.2. The summed E-state index contributed by atoms with van der Waals surface area (Å²) in [4.78, 5) is 0. The Morgan fingerprint density at radius 2 is 1.91 bits per heavy atom. The van der Waals surface area contributed by atoms with Crippen molar-refractivity contribution in [2.45, 2.75) is 43.8 Å². The molecular formula is C8H18OS2. The van der Waals surface area contributed by atoms with Gasteiger partial charge >= 0.3 is 0 Å². The molecule has 0 bridgehead atoms. The monoisotopic (exact) mass is 194 g/mol. The fourth-order valence-corrected chi connectivity index (χ4v) is 2.51. The van der Waals surface area contributed by atoms with Crippen molar-refractivity contribution >= 4 is 24.4 Å². The molecule has 3 unspecified atom stereocenters. The molecule has 0 aliphatic rings. The molecule has 3 atom stereocenters. The minimum Gasteiger partial charge on any atom is -0.392 e. The topological polar surface area (TPSA) is 20.2 Å². The van der Waals surface area contributed by atoms with Crippen LogP contribution in [-0.2, 0) is 0 Å². The first-order valence-corrected chi connectivity index (χ1v) is 5.59. The van der Waals surface area contributed by atoms with Crippen molar-refractivity contribution < 1.29 is 5.11 Å². The molecule has 0 aromatic heterocycles. The lowest BCUT2D eigenvalue weighted by Gasteiger charge is -2.18. The standard InChI is InChI=1S/C8H18OS2/c1-6(4-5-10)11-8(3)7(2)9/h6-10H,4-5H2,1-3H3. The zero-order valence-corrected chi connectivity index (χ0v) is 9.16. The van der Waals surface area contributed by atoms with Gasteiger partial charge < -0.3 is 5.11 Å². The van der Waals surface area contributed by atoms with Crippen molar-refractivity contribution in [2.24, 2.45) is 0 Å². The second kappa shape index (κ2) is 6.21. The molecule has 0 saturated heterocycles. The van der Waals surface area contributed by atoms with E-state index in [1.165, 1.54) is 0 Å². The quantitative estimate of drug-likeness (QED) is 0.654. The number of thiol groups is 1. The van der Waals surface area contributed by atoms with E-state index in [2.05, 4.69) is 26.5 Å². The third-order valence-electron chi connectivity index (χ3n) is 1.66. The van der Waals surface area contributed by atoms with Gasteiger partial charge in [-0.2, -0.15) is 24.4 Å². The summed E-state index contributed by atoms with van der Waals surface area (Å²) < 4.78 is 0. The molecule has 0 saturated carbocycles. The van der Waals surface area contributed by atoms with E-state index >= 15 is 0 Å². The molecule has 0 amide bonds. The second-order valence-electron chi connectivity index (χ2n) is 2.90. The summed E-state index contributed by atoms with van der Waals surface area (Å²) in [6.45, 7) is 6.08. The maximum Gasteiger partial charge on any atom is 0.0628 e. The summed E-state index contributed by atoms with van der Waals surface area (Å²) in [7, 11) is 0. The molecule has 68 valence electrons. The van der Waals surface area contributed by atoms with Gasteiger partial charge in [-0.05, 0) is 19.1 Å². The van der Waals surface area contributed by atoms with E-state index in [0.29, 0.717) is 10.5 Å². The van der Waals surface area contributed by atoms with Gasteiger partial charge in [-0.25, -0.2) is 0 Å². The van der Waals surface area contributed by atoms with Crippen LogP contribution in [0.1, 0.15) is 27.2 Å². The Balaban J connectivity index is 3.48. The molecule has 0 aliphatic heterocycles. The minimum absolute atomic E-state index is 0.206. The predicted octanol–water partition coefficient (Wildman–Crippen LogP) is 2.20. The Kier molecular flexibility index (Phi) is 6.58. The Labute approximate surface area is 79.4 Å². The van der Waals surface area contributed by atoms with Crippen LogP contribution in [0.4, 0.5) is 0 Å². The first-order chi connectivity index (χ1) is 5.07. The Hall–Kier alpha value is 0.660. The number of thioether (sulfide) groups is 1. The van der Waals surface area contributed by atoms with Crippen LogP contribution in [0.2, 0.25) is 0 Å². The summed E-state index contributed by atoms with van der Waals surface area (Å²) in [5.41, 5.74) is 0. The van der Waals surface area contributed by atoms with Gasteiger partial charge in [0.25, 0.3) is 0 Å². The Morgan fingerprint density at radius 3 is 2.27 bits per heavy atom. The van der Waals surface area contributed by atoms with Gasteiger partial charge in [0, 0.05) is 10.5 Å². The second-order valence-corrected chi connectivity index (χ2v) is 5.17. The van der Waals surface area contributed by atoms with Crippen LogP contribution < -0.4 is 0 Å². The fraction of sp³-hybridized carbons (Fsp3) is 1.00. The largest absolute Gasteiger partial charge is 0.392 e. The van der Waals surface area contributed by atoms with E-state index in [1.54, 1.807) is 0 Å². The van der Waals surface area contributed by atoms with E-state index in [0.717, 1.165) is 12.2 Å². The van der Waals surface area contributed by atoms with E-state index in [4.69, 9.17) is 0 Å². The van der Waals surface area contributed by atoms with Gasteiger partial charge in [-0.1, -0.05) is 13.8 Å². The maximum absolute atomic E-state index is 9.20. The molecule has 0 aromatic carbocycles. The van der Waals surface area contributed by atoms with Crippen molar-refractivity contribution in [3.63, 3.8) is 0 Å². The molecule has 1 nitrogen and oxygen atoms in total. The fourth-order valence-electron chi connectivity index (χ4n) is 0.730. The third-order valence-corrected chi connectivity index (χ3v) is 3.44. The van der Waals surface area contributed by atoms with Crippen molar-refractivity contribution in [1.29, 1.82) is 0 Å². The highest BCUT2D eigenvalue weighted by Crippen LogP contribution is 2.22. The first kappa shape index (κ1) is 11.7. The lowest BCUT2D eigenvalue weighted by molar-refractivity contribution is 0.196. The van der Waals surface area contributed by atoms with Gasteiger partial charge in [0.05, 0.1) is 6.10 Å². The summed E-state index contributed by atoms with van der Waals surface area (Å²) in [5, 5.41) is 10.1. The number of rotatable bonds is 5. The SMILES string of the molecule is CC(CCS)SC(C)C(C)O. The highest BCUT2D eigenvalue weighted by Gasteiger charge is 2.12. The lowest BCUT2D eigenvalue weighted by Crippen LogP contribution is -2.18. The van der Waals surface area contributed by atoms with Crippen LogP contribution in [0.25, 0.3) is 0 Å². The number of hydrogen-bond donors (Lipinski definition) is 2. The number of hydrogen-bond acceptors (Lipinski definition) is 3. The van der Waals surface area contributed by atoms with E-state index < -0.39 is 0 Å².